The van der Waals surface area contributed by atoms with Crippen LogP contribution in [-0.4, -0.2) is 50.0 Å². The van der Waals surface area contributed by atoms with Crippen LogP contribution in [0.4, 0.5) is 0 Å². The van der Waals surface area contributed by atoms with Crippen molar-refractivity contribution < 1.29 is 27.1 Å². The Morgan fingerprint density at radius 1 is 1.08 bits per heavy atom. The Bertz CT molecular complexity index is 1510. The van der Waals surface area contributed by atoms with E-state index in [0.717, 1.165) is 6.42 Å². The quantitative estimate of drug-likeness (QED) is 0.431. The number of ether oxygens (including phenoxy) is 2. The van der Waals surface area contributed by atoms with Crippen molar-refractivity contribution in [3.63, 3.8) is 0 Å². The van der Waals surface area contributed by atoms with E-state index in [-0.39, 0.29) is 28.3 Å². The van der Waals surface area contributed by atoms with Crippen molar-refractivity contribution in [1.82, 2.24) is 4.90 Å². The van der Waals surface area contributed by atoms with Gasteiger partial charge in [-0.05, 0) is 55.5 Å². The normalized spacial score (nSPS) is 20.5. The Labute approximate surface area is 216 Å². The first kappa shape index (κ1) is 25.3. The van der Waals surface area contributed by atoms with E-state index in [4.69, 9.17) is 13.9 Å². The summed E-state index contributed by atoms with van der Waals surface area (Å²) >= 11 is 0. The van der Waals surface area contributed by atoms with Gasteiger partial charge in [-0.3, -0.25) is 9.59 Å². The number of carbonyl (C=O) groups excluding carboxylic acids is 1. The fraction of sp³-hybridized carbons (Fsp3) is 0.429. The van der Waals surface area contributed by atoms with Gasteiger partial charge in [0.25, 0.3) is 5.91 Å². The van der Waals surface area contributed by atoms with Gasteiger partial charge < -0.3 is 18.8 Å². The van der Waals surface area contributed by atoms with E-state index in [2.05, 4.69) is 13.8 Å². The van der Waals surface area contributed by atoms with E-state index >= 15 is 0 Å². The number of benzene rings is 2. The lowest BCUT2D eigenvalue weighted by Crippen LogP contribution is -2.40. The molecule has 2 aromatic carbocycles. The number of carbonyl (C=O) groups is 1. The van der Waals surface area contributed by atoms with Gasteiger partial charge in [0.2, 0.25) is 5.76 Å². The van der Waals surface area contributed by atoms with E-state index in [1.807, 2.05) is 13.0 Å². The topological polar surface area (TPSA) is 103 Å². The highest BCUT2D eigenvalue weighted by atomic mass is 32.2. The number of amides is 1. The summed E-state index contributed by atoms with van der Waals surface area (Å²) in [6.07, 6.45) is 1.19. The summed E-state index contributed by atoms with van der Waals surface area (Å²) in [5.74, 6) is 0.923. The first-order valence-electron chi connectivity index (χ1n) is 12.7. The molecule has 1 saturated heterocycles. The number of hydrogen-bond acceptors (Lipinski definition) is 7. The standard InChI is InChI=1S/C28H31NO7S/c1-4-34-23-15-18(9-10-22(23)35-13-11-17(2)3)25-24-26(30)20-7-5-6-8-21(20)36-27(24)28(31)29(25)19-12-14-37(32,33)16-19/h5-10,15,17,19,25H,4,11-14,16H2,1-3H3/t19-,25+/m0/s1. The van der Waals surface area contributed by atoms with Gasteiger partial charge in [0, 0.05) is 6.04 Å². The number of sulfone groups is 1. The molecule has 3 heterocycles. The number of para-hydroxylation sites is 1. The first-order chi connectivity index (χ1) is 17.7. The zero-order valence-electron chi connectivity index (χ0n) is 21.2. The van der Waals surface area contributed by atoms with Crippen LogP contribution in [0.3, 0.4) is 0 Å². The first-order valence-corrected chi connectivity index (χ1v) is 14.5. The molecule has 0 saturated carbocycles. The third kappa shape index (κ3) is 4.72. The summed E-state index contributed by atoms with van der Waals surface area (Å²) in [5.41, 5.74) is 0.888. The zero-order valence-corrected chi connectivity index (χ0v) is 22.0. The van der Waals surface area contributed by atoms with Gasteiger partial charge in [0.15, 0.2) is 26.8 Å². The van der Waals surface area contributed by atoms with Crippen LogP contribution in [0.2, 0.25) is 0 Å². The number of hydrogen-bond donors (Lipinski definition) is 0. The largest absolute Gasteiger partial charge is 0.490 e. The molecule has 0 spiro atoms. The second-order valence-electron chi connectivity index (χ2n) is 10.0. The fourth-order valence-electron chi connectivity index (χ4n) is 5.12. The van der Waals surface area contributed by atoms with Crippen molar-refractivity contribution >= 4 is 26.7 Å². The maximum Gasteiger partial charge on any atom is 0.291 e. The Morgan fingerprint density at radius 2 is 1.86 bits per heavy atom. The highest BCUT2D eigenvalue weighted by molar-refractivity contribution is 7.91. The predicted octanol–water partition coefficient (Wildman–Crippen LogP) is 4.35. The summed E-state index contributed by atoms with van der Waals surface area (Å²) in [5, 5.41) is 0.374. The summed E-state index contributed by atoms with van der Waals surface area (Å²) in [6, 6.07) is 10.8. The van der Waals surface area contributed by atoms with Crippen LogP contribution in [0.15, 0.2) is 51.7 Å². The molecular weight excluding hydrogens is 494 g/mol. The van der Waals surface area contributed by atoms with Crippen LogP contribution in [-0.2, 0) is 9.84 Å². The molecule has 0 N–H and O–H groups in total. The minimum Gasteiger partial charge on any atom is -0.490 e. The molecule has 2 atom stereocenters. The molecule has 196 valence electrons. The van der Waals surface area contributed by atoms with Gasteiger partial charge in [-0.15, -0.1) is 0 Å². The molecule has 1 fully saturated rings. The maximum atomic E-state index is 13.7. The van der Waals surface area contributed by atoms with Crippen LogP contribution in [0.1, 0.15) is 61.3 Å². The summed E-state index contributed by atoms with van der Waals surface area (Å²) in [6.45, 7) is 7.05. The molecule has 1 amide bonds. The van der Waals surface area contributed by atoms with Crippen LogP contribution in [0.5, 0.6) is 11.5 Å². The van der Waals surface area contributed by atoms with E-state index < -0.39 is 27.8 Å². The van der Waals surface area contributed by atoms with Gasteiger partial charge in [-0.2, -0.15) is 0 Å². The Kier molecular flexibility index (Phi) is 6.74. The van der Waals surface area contributed by atoms with Crippen molar-refractivity contribution in [1.29, 1.82) is 0 Å². The molecule has 9 heteroatoms. The third-order valence-electron chi connectivity index (χ3n) is 6.95. The van der Waals surface area contributed by atoms with E-state index in [0.29, 0.717) is 53.6 Å². The monoisotopic (exact) mass is 525 g/mol. The lowest BCUT2D eigenvalue weighted by Gasteiger charge is -2.30. The van der Waals surface area contributed by atoms with Crippen molar-refractivity contribution in [3.8, 4) is 11.5 Å². The minimum absolute atomic E-state index is 0.000682. The number of rotatable bonds is 8. The highest BCUT2D eigenvalue weighted by Crippen LogP contribution is 2.43. The Morgan fingerprint density at radius 3 is 2.57 bits per heavy atom. The van der Waals surface area contributed by atoms with Gasteiger partial charge in [-0.1, -0.05) is 32.0 Å². The predicted molar refractivity (Wildman–Crippen MR) is 140 cm³/mol. The van der Waals surface area contributed by atoms with Crippen LogP contribution >= 0.6 is 0 Å². The van der Waals surface area contributed by atoms with Crippen molar-refractivity contribution in [2.75, 3.05) is 24.7 Å². The average molecular weight is 526 g/mol. The maximum absolute atomic E-state index is 13.7. The molecule has 2 aliphatic heterocycles. The van der Waals surface area contributed by atoms with E-state index in [1.54, 1.807) is 36.4 Å². The van der Waals surface area contributed by atoms with Crippen LogP contribution < -0.4 is 14.9 Å². The second kappa shape index (κ2) is 9.85. The molecule has 37 heavy (non-hydrogen) atoms. The molecular formula is C28H31NO7S. The third-order valence-corrected chi connectivity index (χ3v) is 8.70. The molecule has 1 aromatic heterocycles. The summed E-state index contributed by atoms with van der Waals surface area (Å²) in [7, 11) is -3.29. The molecule has 0 unspecified atom stereocenters. The van der Waals surface area contributed by atoms with Gasteiger partial charge in [0.05, 0.1) is 41.7 Å². The molecule has 0 radical (unpaired) electrons. The Balaban J connectivity index is 1.64. The fourth-order valence-corrected chi connectivity index (χ4v) is 6.83. The van der Waals surface area contributed by atoms with E-state index in [1.165, 1.54) is 4.90 Å². The van der Waals surface area contributed by atoms with Crippen molar-refractivity contribution in [2.45, 2.75) is 45.7 Å². The smallest absolute Gasteiger partial charge is 0.291 e. The zero-order chi connectivity index (χ0) is 26.3. The molecule has 8 nitrogen and oxygen atoms in total. The minimum atomic E-state index is -3.29. The Hall–Kier alpha value is -3.33. The highest BCUT2D eigenvalue weighted by Gasteiger charge is 2.48. The molecule has 0 aliphatic carbocycles. The van der Waals surface area contributed by atoms with Gasteiger partial charge >= 0.3 is 0 Å². The molecule has 0 bridgehead atoms. The molecule has 5 rings (SSSR count). The lowest BCUT2D eigenvalue weighted by molar-refractivity contribution is 0.0662. The van der Waals surface area contributed by atoms with Gasteiger partial charge in [0.1, 0.15) is 5.58 Å². The number of nitrogens with zero attached hydrogens (tertiary/aromatic N) is 1. The van der Waals surface area contributed by atoms with Crippen LogP contribution in [0.25, 0.3) is 11.0 Å². The summed E-state index contributed by atoms with van der Waals surface area (Å²) in [4.78, 5) is 28.9. The van der Waals surface area contributed by atoms with Crippen molar-refractivity contribution in [2.24, 2.45) is 5.92 Å². The summed E-state index contributed by atoms with van der Waals surface area (Å²) < 4.78 is 42.5. The second-order valence-corrected chi connectivity index (χ2v) is 12.2. The van der Waals surface area contributed by atoms with Crippen LogP contribution in [0, 0.1) is 5.92 Å². The molecule has 2 aliphatic rings. The van der Waals surface area contributed by atoms with E-state index in [9.17, 15) is 18.0 Å². The average Bonchev–Trinajstić information content (AvgIpc) is 3.36. The lowest BCUT2D eigenvalue weighted by atomic mass is 9.97. The van der Waals surface area contributed by atoms with Crippen molar-refractivity contribution in [3.05, 3.63) is 69.6 Å². The van der Waals surface area contributed by atoms with Gasteiger partial charge in [-0.25, -0.2) is 8.42 Å². The number of fused-ring (bicyclic) bond motifs is 2. The SMILES string of the molecule is CCOc1cc([C@@H]2c3c(oc4ccccc4c3=O)C(=O)N2[C@H]2CCS(=O)(=O)C2)ccc1OCCC(C)C. The molecule has 3 aromatic rings.